The van der Waals surface area contributed by atoms with E-state index in [2.05, 4.69) is 29.8 Å². The number of aryl methyl sites for hydroxylation is 1. The van der Waals surface area contributed by atoms with Crippen LogP contribution in [0.5, 0.6) is 5.75 Å². The van der Waals surface area contributed by atoms with Gasteiger partial charge in [0.2, 0.25) is 0 Å². The van der Waals surface area contributed by atoms with Gasteiger partial charge in [-0.15, -0.1) is 0 Å². The maximum absolute atomic E-state index is 5.73. The van der Waals surface area contributed by atoms with Gasteiger partial charge in [0, 0.05) is 25.6 Å². The molecule has 4 nitrogen and oxygen atoms in total. The Labute approximate surface area is 123 Å². The number of imidazole rings is 1. The third-order valence-corrected chi connectivity index (χ3v) is 4.13. The van der Waals surface area contributed by atoms with E-state index in [4.69, 9.17) is 15.5 Å². The summed E-state index contributed by atoms with van der Waals surface area (Å²) in [5.41, 5.74) is 11.4. The van der Waals surface area contributed by atoms with E-state index in [1.54, 1.807) is 0 Å². The molecule has 0 unspecified atom stereocenters. The van der Waals surface area contributed by atoms with Crippen molar-refractivity contribution in [1.29, 1.82) is 0 Å². The first-order valence-electron chi connectivity index (χ1n) is 7.18. The monoisotopic (exact) mass is 279 g/mol. The fraction of sp³-hybridized carbons (Fsp3) is 0.235. The Kier molecular flexibility index (Phi) is 2.72. The summed E-state index contributed by atoms with van der Waals surface area (Å²) in [6.07, 6.45) is 0.977. The number of hydrogen-bond acceptors (Lipinski definition) is 3. The van der Waals surface area contributed by atoms with E-state index in [1.165, 1.54) is 5.56 Å². The van der Waals surface area contributed by atoms with Crippen LogP contribution in [-0.2, 0) is 20.0 Å². The zero-order valence-electron chi connectivity index (χ0n) is 12.0. The van der Waals surface area contributed by atoms with Gasteiger partial charge in [-0.3, -0.25) is 0 Å². The summed E-state index contributed by atoms with van der Waals surface area (Å²) in [6, 6.07) is 12.5. The maximum atomic E-state index is 5.73. The lowest BCUT2D eigenvalue weighted by Gasteiger charge is -2.05. The molecule has 0 bridgehead atoms. The lowest BCUT2D eigenvalue weighted by molar-refractivity contribution is 0.357. The van der Waals surface area contributed by atoms with Gasteiger partial charge in [-0.2, -0.15) is 0 Å². The molecule has 1 aromatic heterocycles. The third kappa shape index (κ3) is 1.91. The van der Waals surface area contributed by atoms with Crippen LogP contribution in [0, 0.1) is 0 Å². The molecule has 0 atom stereocenters. The third-order valence-electron chi connectivity index (χ3n) is 4.13. The van der Waals surface area contributed by atoms with Gasteiger partial charge >= 0.3 is 0 Å². The van der Waals surface area contributed by atoms with Gasteiger partial charge in [0.25, 0.3) is 0 Å². The largest absolute Gasteiger partial charge is 0.493 e. The topological polar surface area (TPSA) is 53.1 Å². The average Bonchev–Trinajstić information content (AvgIpc) is 3.11. The number of benzene rings is 2. The first-order valence-corrected chi connectivity index (χ1v) is 7.18. The minimum absolute atomic E-state index is 0.548. The fourth-order valence-electron chi connectivity index (χ4n) is 2.95. The van der Waals surface area contributed by atoms with Crippen molar-refractivity contribution in [3.63, 3.8) is 0 Å². The number of hydrogen-bond donors (Lipinski definition) is 1. The lowest BCUT2D eigenvalue weighted by Crippen LogP contribution is -1.97. The van der Waals surface area contributed by atoms with Gasteiger partial charge < -0.3 is 15.0 Å². The van der Waals surface area contributed by atoms with Crippen molar-refractivity contribution in [1.82, 2.24) is 9.55 Å². The zero-order valence-corrected chi connectivity index (χ0v) is 12.0. The molecule has 1 aliphatic heterocycles. The van der Waals surface area contributed by atoms with Gasteiger partial charge in [-0.25, -0.2) is 4.98 Å². The molecule has 2 N–H and O–H groups in total. The molecule has 4 heteroatoms. The van der Waals surface area contributed by atoms with Gasteiger partial charge in [-0.05, 0) is 41.5 Å². The van der Waals surface area contributed by atoms with E-state index in [1.807, 2.05) is 18.2 Å². The summed E-state index contributed by atoms with van der Waals surface area (Å²) in [6.45, 7) is 1.33. The van der Waals surface area contributed by atoms with Crippen LogP contribution >= 0.6 is 0 Å². The molecule has 0 fully saturated rings. The minimum Gasteiger partial charge on any atom is -0.493 e. The van der Waals surface area contributed by atoms with Gasteiger partial charge in [0.05, 0.1) is 17.6 Å². The Balaban J connectivity index is 1.88. The SMILES string of the molecule is Cn1c(-c2ccc3c(c2)CCO3)nc2ccc(CN)cc21. The molecular formula is C17H17N3O. The van der Waals surface area contributed by atoms with E-state index in [0.29, 0.717) is 6.54 Å². The predicted octanol–water partition coefficient (Wildman–Crippen LogP) is 2.63. The molecule has 21 heavy (non-hydrogen) atoms. The van der Waals surface area contributed by atoms with Gasteiger partial charge in [0.15, 0.2) is 0 Å². The first-order chi connectivity index (χ1) is 10.3. The average molecular weight is 279 g/mol. The van der Waals surface area contributed by atoms with Crippen LogP contribution < -0.4 is 10.5 Å². The van der Waals surface area contributed by atoms with Crippen LogP contribution in [0.3, 0.4) is 0 Å². The smallest absolute Gasteiger partial charge is 0.140 e. The zero-order chi connectivity index (χ0) is 14.4. The van der Waals surface area contributed by atoms with Crippen molar-refractivity contribution in [2.24, 2.45) is 12.8 Å². The van der Waals surface area contributed by atoms with Crippen LogP contribution in [0.4, 0.5) is 0 Å². The van der Waals surface area contributed by atoms with E-state index in [0.717, 1.165) is 46.8 Å². The van der Waals surface area contributed by atoms with E-state index >= 15 is 0 Å². The number of aromatic nitrogens is 2. The van der Waals surface area contributed by atoms with Crippen molar-refractivity contribution < 1.29 is 4.74 Å². The second kappa shape index (κ2) is 4.60. The normalized spacial score (nSPS) is 13.4. The first kappa shape index (κ1) is 12.4. The highest BCUT2D eigenvalue weighted by atomic mass is 16.5. The standard InChI is InChI=1S/C17H17N3O/c1-20-15-8-11(10-18)2-4-14(15)19-17(20)13-3-5-16-12(9-13)6-7-21-16/h2-5,8-9H,6-7,10,18H2,1H3. The molecule has 1 aliphatic rings. The molecule has 2 heterocycles. The van der Waals surface area contributed by atoms with Crippen LogP contribution in [-0.4, -0.2) is 16.2 Å². The summed E-state index contributed by atoms with van der Waals surface area (Å²) >= 11 is 0. The Morgan fingerprint density at radius 3 is 3.00 bits per heavy atom. The highest BCUT2D eigenvalue weighted by Crippen LogP contribution is 2.31. The molecule has 0 amide bonds. The molecule has 0 radical (unpaired) electrons. The maximum Gasteiger partial charge on any atom is 0.140 e. The van der Waals surface area contributed by atoms with E-state index < -0.39 is 0 Å². The molecule has 2 aromatic carbocycles. The van der Waals surface area contributed by atoms with Crippen LogP contribution in [0.15, 0.2) is 36.4 Å². The molecule has 106 valence electrons. The van der Waals surface area contributed by atoms with Crippen molar-refractivity contribution in [3.05, 3.63) is 47.5 Å². The Bertz CT molecular complexity index is 835. The molecule has 0 aliphatic carbocycles. The minimum atomic E-state index is 0.548. The Morgan fingerprint density at radius 1 is 1.24 bits per heavy atom. The molecule has 0 saturated carbocycles. The van der Waals surface area contributed by atoms with Crippen LogP contribution in [0.2, 0.25) is 0 Å². The molecule has 0 saturated heterocycles. The second-order valence-corrected chi connectivity index (χ2v) is 5.44. The van der Waals surface area contributed by atoms with Gasteiger partial charge in [-0.1, -0.05) is 6.07 Å². The van der Waals surface area contributed by atoms with Crippen molar-refractivity contribution in [3.8, 4) is 17.1 Å². The summed E-state index contributed by atoms with van der Waals surface area (Å²) in [4.78, 5) is 4.76. The highest BCUT2D eigenvalue weighted by Gasteiger charge is 2.15. The van der Waals surface area contributed by atoms with Gasteiger partial charge in [0.1, 0.15) is 11.6 Å². The second-order valence-electron chi connectivity index (χ2n) is 5.44. The molecular weight excluding hydrogens is 262 g/mol. The number of nitrogens with zero attached hydrogens (tertiary/aromatic N) is 2. The van der Waals surface area contributed by atoms with Crippen LogP contribution in [0.25, 0.3) is 22.4 Å². The van der Waals surface area contributed by atoms with Crippen LogP contribution in [0.1, 0.15) is 11.1 Å². The number of fused-ring (bicyclic) bond motifs is 2. The van der Waals surface area contributed by atoms with E-state index in [9.17, 15) is 0 Å². The molecule has 0 spiro atoms. The van der Waals surface area contributed by atoms with Crippen molar-refractivity contribution in [2.45, 2.75) is 13.0 Å². The number of nitrogens with two attached hydrogens (primary N) is 1. The fourth-order valence-corrected chi connectivity index (χ4v) is 2.95. The number of rotatable bonds is 2. The Hall–Kier alpha value is -2.33. The molecule has 4 rings (SSSR count). The summed E-state index contributed by atoms with van der Waals surface area (Å²) in [7, 11) is 2.05. The predicted molar refractivity (Wildman–Crippen MR) is 83.2 cm³/mol. The van der Waals surface area contributed by atoms with E-state index in [-0.39, 0.29) is 0 Å². The quantitative estimate of drug-likeness (QED) is 0.784. The Morgan fingerprint density at radius 2 is 2.14 bits per heavy atom. The summed E-state index contributed by atoms with van der Waals surface area (Å²) in [5, 5.41) is 0. The van der Waals surface area contributed by atoms with Crippen molar-refractivity contribution in [2.75, 3.05) is 6.61 Å². The highest BCUT2D eigenvalue weighted by molar-refractivity contribution is 5.81. The lowest BCUT2D eigenvalue weighted by atomic mass is 10.1. The summed E-state index contributed by atoms with van der Waals surface area (Å²) < 4.78 is 7.70. The molecule has 3 aromatic rings. The van der Waals surface area contributed by atoms with Crippen molar-refractivity contribution >= 4 is 11.0 Å². The number of ether oxygens (including phenoxy) is 1. The summed E-state index contributed by atoms with van der Waals surface area (Å²) in [5.74, 6) is 1.98.